The third kappa shape index (κ3) is 4.44. The molecule has 1 aromatic heterocycles. The van der Waals surface area contributed by atoms with E-state index in [4.69, 9.17) is 4.74 Å². The molecule has 134 valence electrons. The average molecular weight is 369 g/mol. The van der Waals surface area contributed by atoms with Crippen molar-refractivity contribution in [1.82, 2.24) is 14.7 Å². The van der Waals surface area contributed by atoms with Gasteiger partial charge in [0.25, 0.3) is 0 Å². The van der Waals surface area contributed by atoms with E-state index in [1.165, 1.54) is 18.5 Å². The lowest BCUT2D eigenvalue weighted by Gasteiger charge is -2.08. The zero-order valence-corrected chi connectivity index (χ0v) is 15.1. The topological polar surface area (TPSA) is 81.2 Å². The molecule has 0 fully saturated rings. The Labute approximate surface area is 153 Å². The van der Waals surface area contributed by atoms with E-state index in [1.807, 2.05) is 37.3 Å². The highest BCUT2D eigenvalue weighted by Gasteiger charge is 2.14. The SMILES string of the molecule is CCOc1ccc(S(=O)(=O)NCc2cc(-c3ccccc3)ncn2)cc1. The van der Waals surface area contributed by atoms with E-state index >= 15 is 0 Å². The molecule has 0 unspecified atom stereocenters. The van der Waals surface area contributed by atoms with Crippen molar-refractivity contribution in [2.24, 2.45) is 0 Å². The van der Waals surface area contributed by atoms with Crippen molar-refractivity contribution in [2.75, 3.05) is 6.61 Å². The fourth-order valence-corrected chi connectivity index (χ4v) is 3.39. The second-order valence-corrected chi connectivity index (χ2v) is 7.26. The van der Waals surface area contributed by atoms with Crippen molar-refractivity contribution in [1.29, 1.82) is 0 Å². The van der Waals surface area contributed by atoms with Gasteiger partial charge in [-0.05, 0) is 37.3 Å². The summed E-state index contributed by atoms with van der Waals surface area (Å²) in [5.41, 5.74) is 2.29. The van der Waals surface area contributed by atoms with Gasteiger partial charge in [0.1, 0.15) is 12.1 Å². The molecule has 0 spiro atoms. The zero-order chi connectivity index (χ0) is 18.4. The highest BCUT2D eigenvalue weighted by atomic mass is 32.2. The molecule has 7 heteroatoms. The van der Waals surface area contributed by atoms with Crippen LogP contribution in [0.15, 0.2) is 71.9 Å². The summed E-state index contributed by atoms with van der Waals surface area (Å²) in [6.45, 7) is 2.48. The first kappa shape index (κ1) is 18.0. The molecule has 0 saturated carbocycles. The first-order valence-electron chi connectivity index (χ1n) is 8.17. The smallest absolute Gasteiger partial charge is 0.240 e. The highest BCUT2D eigenvalue weighted by molar-refractivity contribution is 7.89. The van der Waals surface area contributed by atoms with E-state index in [9.17, 15) is 8.42 Å². The highest BCUT2D eigenvalue weighted by Crippen LogP contribution is 2.18. The van der Waals surface area contributed by atoms with Crippen molar-refractivity contribution < 1.29 is 13.2 Å². The summed E-state index contributed by atoms with van der Waals surface area (Å²) in [7, 11) is -3.63. The number of sulfonamides is 1. The molecular weight excluding hydrogens is 350 g/mol. The molecule has 3 rings (SSSR count). The van der Waals surface area contributed by atoms with Crippen LogP contribution < -0.4 is 9.46 Å². The lowest BCUT2D eigenvalue weighted by molar-refractivity contribution is 0.340. The summed E-state index contributed by atoms with van der Waals surface area (Å²) < 4.78 is 32.8. The summed E-state index contributed by atoms with van der Waals surface area (Å²) in [5.74, 6) is 0.634. The summed E-state index contributed by atoms with van der Waals surface area (Å²) >= 11 is 0. The van der Waals surface area contributed by atoms with Crippen molar-refractivity contribution in [3.05, 3.63) is 72.7 Å². The summed E-state index contributed by atoms with van der Waals surface area (Å²) in [5, 5.41) is 0. The molecule has 1 N–H and O–H groups in total. The Hall–Kier alpha value is -2.77. The van der Waals surface area contributed by atoms with Crippen LogP contribution in [0.4, 0.5) is 0 Å². The molecule has 0 aliphatic rings. The Morgan fingerprint density at radius 1 is 1.00 bits per heavy atom. The van der Waals surface area contributed by atoms with Gasteiger partial charge in [0.2, 0.25) is 10.0 Å². The van der Waals surface area contributed by atoms with E-state index in [1.54, 1.807) is 18.2 Å². The fourth-order valence-electron chi connectivity index (χ4n) is 2.40. The largest absolute Gasteiger partial charge is 0.494 e. The predicted molar refractivity (Wildman–Crippen MR) is 99.1 cm³/mol. The molecule has 1 heterocycles. The fraction of sp³-hybridized carbons (Fsp3) is 0.158. The molecule has 0 amide bonds. The number of ether oxygens (including phenoxy) is 1. The number of nitrogens with zero attached hydrogens (tertiary/aromatic N) is 2. The standard InChI is InChI=1S/C19H19N3O3S/c1-2-25-17-8-10-18(11-9-17)26(23,24)22-13-16-12-19(21-14-20-16)15-6-4-3-5-7-15/h3-12,14,22H,2,13H2,1H3. The number of rotatable bonds is 7. The minimum Gasteiger partial charge on any atom is -0.494 e. The molecular formula is C19H19N3O3S. The van der Waals surface area contributed by atoms with Crippen LogP contribution in [0.5, 0.6) is 5.75 Å². The van der Waals surface area contributed by atoms with Crippen LogP contribution in [0.25, 0.3) is 11.3 Å². The third-order valence-electron chi connectivity index (χ3n) is 3.68. The number of hydrogen-bond donors (Lipinski definition) is 1. The molecule has 0 atom stereocenters. The lowest BCUT2D eigenvalue weighted by atomic mass is 10.1. The molecule has 26 heavy (non-hydrogen) atoms. The molecule has 6 nitrogen and oxygen atoms in total. The van der Waals surface area contributed by atoms with Gasteiger partial charge < -0.3 is 4.74 Å². The van der Waals surface area contributed by atoms with Gasteiger partial charge in [0.15, 0.2) is 0 Å². The van der Waals surface area contributed by atoms with Gasteiger partial charge in [-0.3, -0.25) is 0 Å². The number of nitrogens with one attached hydrogen (secondary N) is 1. The number of aromatic nitrogens is 2. The molecule has 3 aromatic rings. The molecule has 0 aliphatic carbocycles. The second kappa shape index (κ2) is 8.07. The van der Waals surface area contributed by atoms with Crippen molar-refractivity contribution >= 4 is 10.0 Å². The first-order valence-corrected chi connectivity index (χ1v) is 9.65. The van der Waals surface area contributed by atoms with E-state index in [0.29, 0.717) is 18.1 Å². The van der Waals surface area contributed by atoms with Gasteiger partial charge in [0, 0.05) is 5.56 Å². The minimum absolute atomic E-state index is 0.0812. The maximum absolute atomic E-state index is 12.4. The van der Waals surface area contributed by atoms with Crippen LogP contribution >= 0.6 is 0 Å². The molecule has 0 saturated heterocycles. The summed E-state index contributed by atoms with van der Waals surface area (Å²) in [6, 6.07) is 17.7. The van der Waals surface area contributed by atoms with Gasteiger partial charge >= 0.3 is 0 Å². The van der Waals surface area contributed by atoms with Gasteiger partial charge in [-0.15, -0.1) is 0 Å². The van der Waals surface area contributed by atoms with Crippen molar-refractivity contribution in [2.45, 2.75) is 18.4 Å². The second-order valence-electron chi connectivity index (χ2n) is 5.49. The maximum Gasteiger partial charge on any atom is 0.240 e. The quantitative estimate of drug-likeness (QED) is 0.692. The normalized spacial score (nSPS) is 11.3. The van der Waals surface area contributed by atoms with E-state index < -0.39 is 10.0 Å². The van der Waals surface area contributed by atoms with Crippen LogP contribution in [0.1, 0.15) is 12.6 Å². The van der Waals surface area contributed by atoms with Crippen LogP contribution in [0, 0.1) is 0 Å². The Kier molecular flexibility index (Phi) is 5.60. The van der Waals surface area contributed by atoms with E-state index in [2.05, 4.69) is 14.7 Å². The summed E-state index contributed by atoms with van der Waals surface area (Å²) in [6.07, 6.45) is 1.43. The first-order chi connectivity index (χ1) is 12.6. The van der Waals surface area contributed by atoms with Gasteiger partial charge in [0.05, 0.1) is 29.4 Å². The van der Waals surface area contributed by atoms with Gasteiger partial charge in [-0.1, -0.05) is 30.3 Å². The summed E-state index contributed by atoms with van der Waals surface area (Å²) in [4.78, 5) is 8.56. The monoisotopic (exact) mass is 369 g/mol. The molecule has 0 radical (unpaired) electrons. The van der Waals surface area contributed by atoms with Crippen LogP contribution in [-0.2, 0) is 16.6 Å². The molecule has 0 aliphatic heterocycles. The van der Waals surface area contributed by atoms with Crippen molar-refractivity contribution in [3.8, 4) is 17.0 Å². The number of benzene rings is 2. The Morgan fingerprint density at radius 2 is 1.73 bits per heavy atom. The predicted octanol–water partition coefficient (Wildman–Crippen LogP) is 3.02. The zero-order valence-electron chi connectivity index (χ0n) is 14.3. The van der Waals surface area contributed by atoms with Crippen molar-refractivity contribution in [3.63, 3.8) is 0 Å². The Balaban J connectivity index is 1.72. The molecule has 2 aromatic carbocycles. The third-order valence-corrected chi connectivity index (χ3v) is 5.10. The van der Waals surface area contributed by atoms with Crippen LogP contribution in [-0.4, -0.2) is 25.0 Å². The van der Waals surface area contributed by atoms with Crippen LogP contribution in [0.3, 0.4) is 0 Å². The lowest BCUT2D eigenvalue weighted by Crippen LogP contribution is -2.23. The maximum atomic E-state index is 12.4. The van der Waals surface area contributed by atoms with Gasteiger partial charge in [-0.2, -0.15) is 0 Å². The van der Waals surface area contributed by atoms with Crippen LogP contribution in [0.2, 0.25) is 0 Å². The minimum atomic E-state index is -3.63. The van der Waals surface area contributed by atoms with Gasteiger partial charge in [-0.25, -0.2) is 23.1 Å². The van der Waals surface area contributed by atoms with E-state index in [0.717, 1.165) is 11.3 Å². The molecule has 0 bridgehead atoms. The average Bonchev–Trinajstić information content (AvgIpc) is 2.68. The Morgan fingerprint density at radius 3 is 2.42 bits per heavy atom. The van der Waals surface area contributed by atoms with E-state index in [-0.39, 0.29) is 11.4 Å². The number of hydrogen-bond acceptors (Lipinski definition) is 5. The Bertz CT molecular complexity index is 959.